The lowest BCUT2D eigenvalue weighted by Gasteiger charge is -2.27. The van der Waals surface area contributed by atoms with Crippen LogP contribution in [0.1, 0.15) is 41.5 Å². The summed E-state index contributed by atoms with van der Waals surface area (Å²) in [6.45, 7) is 5.78. The number of amides is 1. The molecule has 2 unspecified atom stereocenters. The standard InChI is InChI=1S/C25H26F3N5O2/c1-15-11-16(2)13-19(12-15)33-21-14-18(25(26,27)28)5-6-20(21)23(24(33)35)17(3)30-31-22(34)7-10-32-9-4-8-29-32/h4-6,8-9,11-14,23-24,35H,7,10H2,1-3H3,(H,31,34)/b30-17-. The van der Waals surface area contributed by atoms with Crippen molar-refractivity contribution in [2.24, 2.45) is 5.10 Å². The molecular weight excluding hydrogens is 459 g/mol. The van der Waals surface area contributed by atoms with Gasteiger partial charge >= 0.3 is 6.18 Å². The zero-order valence-electron chi connectivity index (χ0n) is 19.5. The number of anilines is 2. The Morgan fingerprint density at radius 3 is 2.51 bits per heavy atom. The number of halogens is 3. The van der Waals surface area contributed by atoms with E-state index in [-0.39, 0.29) is 18.0 Å². The molecule has 2 aromatic carbocycles. The minimum atomic E-state index is -4.53. The fourth-order valence-electron chi connectivity index (χ4n) is 4.39. The molecule has 0 fully saturated rings. The van der Waals surface area contributed by atoms with E-state index in [0.29, 0.717) is 23.5 Å². The van der Waals surface area contributed by atoms with Crippen molar-refractivity contribution in [3.63, 3.8) is 0 Å². The van der Waals surface area contributed by atoms with Gasteiger partial charge in [-0.15, -0.1) is 0 Å². The molecule has 10 heteroatoms. The molecule has 2 N–H and O–H groups in total. The van der Waals surface area contributed by atoms with Gasteiger partial charge in [0.25, 0.3) is 0 Å². The Kier molecular flexibility index (Phi) is 6.66. The first kappa shape index (κ1) is 24.5. The van der Waals surface area contributed by atoms with Crippen LogP contribution in [0, 0.1) is 13.8 Å². The van der Waals surface area contributed by atoms with Crippen molar-refractivity contribution in [2.45, 2.75) is 52.1 Å². The highest BCUT2D eigenvalue weighted by Crippen LogP contribution is 2.47. The van der Waals surface area contributed by atoms with Gasteiger partial charge in [-0.2, -0.15) is 23.4 Å². The summed E-state index contributed by atoms with van der Waals surface area (Å²) in [5, 5.41) is 19.5. The zero-order chi connectivity index (χ0) is 25.3. The number of carbonyl (C=O) groups is 1. The summed E-state index contributed by atoms with van der Waals surface area (Å²) < 4.78 is 42.1. The van der Waals surface area contributed by atoms with Crippen LogP contribution in [-0.2, 0) is 17.5 Å². The van der Waals surface area contributed by atoms with E-state index in [4.69, 9.17) is 0 Å². The van der Waals surface area contributed by atoms with Crippen molar-refractivity contribution in [1.29, 1.82) is 0 Å². The van der Waals surface area contributed by atoms with Crippen LogP contribution in [-0.4, -0.2) is 32.7 Å². The van der Waals surface area contributed by atoms with Gasteiger partial charge in [0.05, 0.1) is 11.5 Å². The monoisotopic (exact) mass is 485 g/mol. The van der Waals surface area contributed by atoms with Crippen LogP contribution in [0.2, 0.25) is 0 Å². The predicted molar refractivity (Wildman–Crippen MR) is 126 cm³/mol. The summed E-state index contributed by atoms with van der Waals surface area (Å²) in [6.07, 6.45) is -2.24. The van der Waals surface area contributed by atoms with Gasteiger partial charge in [-0.05, 0) is 67.8 Å². The molecule has 1 amide bonds. The Labute approximate surface area is 200 Å². The van der Waals surface area contributed by atoms with E-state index in [1.807, 2.05) is 32.0 Å². The molecule has 0 saturated heterocycles. The number of hydrogen-bond donors (Lipinski definition) is 2. The quantitative estimate of drug-likeness (QED) is 0.393. The van der Waals surface area contributed by atoms with Crippen molar-refractivity contribution >= 4 is 23.0 Å². The Balaban J connectivity index is 1.65. The number of nitrogens with zero attached hydrogens (tertiary/aromatic N) is 4. The van der Waals surface area contributed by atoms with Crippen LogP contribution in [0.25, 0.3) is 0 Å². The molecular formula is C25H26F3N5O2. The topological polar surface area (TPSA) is 82.8 Å². The number of hydrogen-bond acceptors (Lipinski definition) is 5. The fourth-order valence-corrected chi connectivity index (χ4v) is 4.39. The lowest BCUT2D eigenvalue weighted by atomic mass is 9.95. The van der Waals surface area contributed by atoms with E-state index < -0.39 is 23.9 Å². The third kappa shape index (κ3) is 5.22. The van der Waals surface area contributed by atoms with E-state index >= 15 is 0 Å². The predicted octanol–water partition coefficient (Wildman–Crippen LogP) is 4.65. The SMILES string of the molecule is C/C(=N/NC(=O)CCn1cccn1)C1c2ccc(C(F)(F)F)cc2N(c2cc(C)cc(C)c2)C1O. The maximum Gasteiger partial charge on any atom is 0.416 e. The van der Waals surface area contributed by atoms with E-state index in [1.54, 1.807) is 30.1 Å². The van der Waals surface area contributed by atoms with Crippen LogP contribution >= 0.6 is 0 Å². The molecule has 35 heavy (non-hydrogen) atoms. The van der Waals surface area contributed by atoms with Crippen molar-refractivity contribution in [2.75, 3.05) is 4.90 Å². The molecule has 2 heterocycles. The third-order valence-corrected chi connectivity index (χ3v) is 5.93. The van der Waals surface area contributed by atoms with Crippen LogP contribution in [0.15, 0.2) is 60.0 Å². The summed E-state index contributed by atoms with van der Waals surface area (Å²) in [5.74, 6) is -1.08. The molecule has 0 aliphatic carbocycles. The minimum Gasteiger partial charge on any atom is -0.372 e. The zero-order valence-corrected chi connectivity index (χ0v) is 19.5. The van der Waals surface area contributed by atoms with Crippen molar-refractivity contribution < 1.29 is 23.1 Å². The number of aliphatic hydroxyl groups is 1. The van der Waals surface area contributed by atoms with Gasteiger partial charge in [0.15, 0.2) is 0 Å². The Bertz CT molecular complexity index is 1230. The number of aryl methyl sites for hydroxylation is 3. The van der Waals surface area contributed by atoms with Gasteiger partial charge in [0, 0.05) is 42.4 Å². The van der Waals surface area contributed by atoms with Crippen molar-refractivity contribution in [1.82, 2.24) is 15.2 Å². The van der Waals surface area contributed by atoms with Crippen LogP contribution < -0.4 is 10.3 Å². The lowest BCUT2D eigenvalue weighted by molar-refractivity contribution is -0.137. The minimum absolute atomic E-state index is 0.145. The van der Waals surface area contributed by atoms with Gasteiger partial charge < -0.3 is 10.0 Å². The molecule has 184 valence electrons. The molecule has 1 aliphatic rings. The van der Waals surface area contributed by atoms with Crippen molar-refractivity contribution in [3.05, 3.63) is 77.1 Å². The first-order valence-corrected chi connectivity index (χ1v) is 11.1. The number of alkyl halides is 3. The third-order valence-electron chi connectivity index (χ3n) is 5.93. The summed E-state index contributed by atoms with van der Waals surface area (Å²) >= 11 is 0. The van der Waals surface area contributed by atoms with Gasteiger partial charge in [0.1, 0.15) is 6.23 Å². The van der Waals surface area contributed by atoms with Crippen LogP contribution in [0.5, 0.6) is 0 Å². The number of fused-ring (bicyclic) bond motifs is 1. The Morgan fingerprint density at radius 2 is 1.89 bits per heavy atom. The number of aliphatic hydroxyl groups excluding tert-OH is 1. The van der Waals surface area contributed by atoms with Gasteiger partial charge in [-0.1, -0.05) is 12.1 Å². The molecule has 2 atom stereocenters. The second kappa shape index (κ2) is 9.53. The number of benzene rings is 2. The number of rotatable bonds is 6. The molecule has 1 aliphatic heterocycles. The second-order valence-electron chi connectivity index (χ2n) is 8.69. The normalized spacial score (nSPS) is 18.0. The van der Waals surface area contributed by atoms with Crippen molar-refractivity contribution in [3.8, 4) is 0 Å². The highest BCUT2D eigenvalue weighted by Gasteiger charge is 2.42. The summed E-state index contributed by atoms with van der Waals surface area (Å²) in [5.41, 5.74) is 5.21. The Hall–Kier alpha value is -3.66. The first-order chi connectivity index (χ1) is 16.5. The average molecular weight is 486 g/mol. The van der Waals surface area contributed by atoms with E-state index in [9.17, 15) is 23.1 Å². The molecule has 3 aromatic rings. The molecule has 0 bridgehead atoms. The van der Waals surface area contributed by atoms with Gasteiger partial charge in [-0.25, -0.2) is 5.43 Å². The summed E-state index contributed by atoms with van der Waals surface area (Å²) in [6, 6.07) is 10.7. The van der Waals surface area contributed by atoms with E-state index in [2.05, 4.69) is 15.6 Å². The van der Waals surface area contributed by atoms with Crippen LogP contribution in [0.3, 0.4) is 0 Å². The smallest absolute Gasteiger partial charge is 0.372 e. The maximum atomic E-state index is 13.5. The number of nitrogens with one attached hydrogen (secondary N) is 1. The number of aromatic nitrogens is 2. The molecule has 0 saturated carbocycles. The number of carbonyl (C=O) groups excluding carboxylic acids is 1. The molecule has 4 rings (SSSR count). The molecule has 0 spiro atoms. The van der Waals surface area contributed by atoms with E-state index in [1.165, 1.54) is 11.0 Å². The molecule has 1 aromatic heterocycles. The Morgan fingerprint density at radius 1 is 1.17 bits per heavy atom. The summed E-state index contributed by atoms with van der Waals surface area (Å²) in [7, 11) is 0. The molecule has 0 radical (unpaired) electrons. The number of hydrazone groups is 1. The van der Waals surface area contributed by atoms with Crippen LogP contribution in [0.4, 0.5) is 24.5 Å². The average Bonchev–Trinajstić information content (AvgIpc) is 3.39. The first-order valence-electron chi connectivity index (χ1n) is 11.1. The van der Waals surface area contributed by atoms with Gasteiger partial charge in [-0.3, -0.25) is 9.48 Å². The highest BCUT2D eigenvalue weighted by molar-refractivity contribution is 5.95. The summed E-state index contributed by atoms with van der Waals surface area (Å²) in [4.78, 5) is 13.7. The van der Waals surface area contributed by atoms with Gasteiger partial charge in [0.2, 0.25) is 5.91 Å². The lowest BCUT2D eigenvalue weighted by Crippen LogP contribution is -2.33. The largest absolute Gasteiger partial charge is 0.416 e. The fraction of sp³-hybridized carbons (Fsp3) is 0.320. The molecule has 7 nitrogen and oxygen atoms in total. The van der Waals surface area contributed by atoms with E-state index in [0.717, 1.165) is 23.3 Å². The highest BCUT2D eigenvalue weighted by atomic mass is 19.4. The second-order valence-corrected chi connectivity index (χ2v) is 8.69. The maximum absolute atomic E-state index is 13.5.